The molecule has 0 radical (unpaired) electrons. The molecule has 1 aromatic rings. The Hall–Kier alpha value is -0.820. The fourth-order valence-corrected chi connectivity index (χ4v) is 3.05. The van der Waals surface area contributed by atoms with Gasteiger partial charge in [0.1, 0.15) is 0 Å². The van der Waals surface area contributed by atoms with Crippen LogP contribution in [-0.4, -0.2) is 13.1 Å². The lowest BCUT2D eigenvalue weighted by atomic mass is 9.89. The number of aryl methyl sites for hydroxylation is 3. The first-order valence-corrected chi connectivity index (χ1v) is 8.21. The average molecular weight is 259 g/mol. The molecule has 0 bridgehead atoms. The quantitative estimate of drug-likeness (QED) is 0.687. The van der Waals surface area contributed by atoms with Gasteiger partial charge in [-0.25, -0.2) is 0 Å². The van der Waals surface area contributed by atoms with Crippen LogP contribution in [0.1, 0.15) is 62.1 Å². The van der Waals surface area contributed by atoms with Gasteiger partial charge in [-0.1, -0.05) is 38.0 Å². The molecule has 0 atom stereocenters. The van der Waals surface area contributed by atoms with Crippen molar-refractivity contribution >= 4 is 0 Å². The molecule has 0 saturated carbocycles. The Balaban J connectivity index is 1.66. The molecular weight excluding hydrogens is 230 g/mol. The predicted octanol–water partition coefficient (Wildman–Crippen LogP) is 4.28. The summed E-state index contributed by atoms with van der Waals surface area (Å²) in [6, 6.07) is 7.23. The van der Waals surface area contributed by atoms with Crippen LogP contribution in [-0.2, 0) is 19.3 Å². The SMILES string of the molecule is CCNCCCCCCc1ccc2c(c1)CCCC2. The highest BCUT2D eigenvalue weighted by Gasteiger charge is 2.09. The van der Waals surface area contributed by atoms with Crippen LogP contribution in [0.4, 0.5) is 0 Å². The normalized spacial score (nSPS) is 14.4. The molecule has 1 aromatic carbocycles. The number of benzene rings is 1. The van der Waals surface area contributed by atoms with Gasteiger partial charge in [0.2, 0.25) is 0 Å². The van der Waals surface area contributed by atoms with Crippen molar-refractivity contribution in [3.05, 3.63) is 34.9 Å². The van der Waals surface area contributed by atoms with Gasteiger partial charge in [0, 0.05) is 0 Å². The molecule has 19 heavy (non-hydrogen) atoms. The van der Waals surface area contributed by atoms with Gasteiger partial charge in [0.25, 0.3) is 0 Å². The molecule has 0 aliphatic heterocycles. The van der Waals surface area contributed by atoms with E-state index in [1.54, 1.807) is 16.7 Å². The minimum Gasteiger partial charge on any atom is -0.317 e. The topological polar surface area (TPSA) is 12.0 Å². The first-order valence-electron chi connectivity index (χ1n) is 8.21. The van der Waals surface area contributed by atoms with Crippen LogP contribution in [0, 0.1) is 0 Å². The zero-order valence-electron chi connectivity index (χ0n) is 12.5. The number of fused-ring (bicyclic) bond motifs is 1. The van der Waals surface area contributed by atoms with Crippen molar-refractivity contribution in [3.8, 4) is 0 Å². The summed E-state index contributed by atoms with van der Waals surface area (Å²) in [7, 11) is 0. The van der Waals surface area contributed by atoms with Crippen LogP contribution in [0.2, 0.25) is 0 Å². The smallest absolute Gasteiger partial charge is 0.00490 e. The molecule has 0 fully saturated rings. The van der Waals surface area contributed by atoms with Crippen molar-refractivity contribution in [1.29, 1.82) is 0 Å². The van der Waals surface area contributed by atoms with Crippen LogP contribution in [0.3, 0.4) is 0 Å². The monoisotopic (exact) mass is 259 g/mol. The van der Waals surface area contributed by atoms with Crippen LogP contribution in [0.5, 0.6) is 0 Å². The highest BCUT2D eigenvalue weighted by atomic mass is 14.8. The molecular formula is C18H29N. The van der Waals surface area contributed by atoms with Crippen molar-refractivity contribution in [1.82, 2.24) is 5.32 Å². The zero-order valence-corrected chi connectivity index (χ0v) is 12.5. The fraction of sp³-hybridized carbons (Fsp3) is 0.667. The van der Waals surface area contributed by atoms with Gasteiger partial charge >= 0.3 is 0 Å². The molecule has 106 valence electrons. The molecule has 1 N–H and O–H groups in total. The molecule has 1 heteroatoms. The largest absolute Gasteiger partial charge is 0.317 e. The number of hydrogen-bond acceptors (Lipinski definition) is 1. The Bertz CT molecular complexity index is 370. The second kappa shape index (κ2) is 8.37. The fourth-order valence-electron chi connectivity index (χ4n) is 3.05. The van der Waals surface area contributed by atoms with Crippen molar-refractivity contribution in [3.63, 3.8) is 0 Å². The van der Waals surface area contributed by atoms with E-state index in [0.717, 1.165) is 6.54 Å². The Labute approximate surface area is 118 Å². The first-order chi connectivity index (χ1) is 9.40. The van der Waals surface area contributed by atoms with E-state index in [-0.39, 0.29) is 0 Å². The van der Waals surface area contributed by atoms with Crippen molar-refractivity contribution in [2.75, 3.05) is 13.1 Å². The van der Waals surface area contributed by atoms with E-state index in [1.807, 2.05) is 0 Å². The van der Waals surface area contributed by atoms with E-state index in [2.05, 4.69) is 30.4 Å². The van der Waals surface area contributed by atoms with Crippen molar-refractivity contribution < 1.29 is 0 Å². The van der Waals surface area contributed by atoms with Crippen LogP contribution >= 0.6 is 0 Å². The van der Waals surface area contributed by atoms with E-state index >= 15 is 0 Å². The molecule has 1 aliphatic carbocycles. The van der Waals surface area contributed by atoms with Gasteiger partial charge in [-0.2, -0.15) is 0 Å². The molecule has 1 aliphatic rings. The summed E-state index contributed by atoms with van der Waals surface area (Å²) in [5.41, 5.74) is 4.81. The molecule has 0 saturated heterocycles. The van der Waals surface area contributed by atoms with Crippen LogP contribution < -0.4 is 5.32 Å². The lowest BCUT2D eigenvalue weighted by Crippen LogP contribution is -2.13. The third kappa shape index (κ3) is 4.99. The van der Waals surface area contributed by atoms with Gasteiger partial charge in [-0.3, -0.25) is 0 Å². The summed E-state index contributed by atoms with van der Waals surface area (Å²) < 4.78 is 0. The van der Waals surface area contributed by atoms with E-state index in [9.17, 15) is 0 Å². The minimum atomic E-state index is 1.11. The lowest BCUT2D eigenvalue weighted by Gasteiger charge is -2.16. The summed E-state index contributed by atoms with van der Waals surface area (Å²) in [6.07, 6.45) is 12.1. The maximum Gasteiger partial charge on any atom is -0.00490 e. The Kier molecular flexibility index (Phi) is 6.43. The third-order valence-corrected chi connectivity index (χ3v) is 4.23. The summed E-state index contributed by atoms with van der Waals surface area (Å²) in [5.74, 6) is 0. The molecule has 0 unspecified atom stereocenters. The Morgan fingerprint density at radius 1 is 0.947 bits per heavy atom. The van der Waals surface area contributed by atoms with E-state index in [0.29, 0.717) is 0 Å². The first kappa shape index (κ1) is 14.6. The second-order valence-electron chi connectivity index (χ2n) is 5.83. The Morgan fingerprint density at radius 2 is 1.74 bits per heavy atom. The van der Waals surface area contributed by atoms with E-state index in [4.69, 9.17) is 0 Å². The van der Waals surface area contributed by atoms with Gasteiger partial charge in [0.15, 0.2) is 0 Å². The van der Waals surface area contributed by atoms with Crippen molar-refractivity contribution in [2.24, 2.45) is 0 Å². The summed E-state index contributed by atoms with van der Waals surface area (Å²) in [4.78, 5) is 0. The standard InChI is InChI=1S/C18H29N/c1-2-19-14-8-4-3-5-9-16-12-13-17-10-6-7-11-18(17)15-16/h12-13,15,19H,2-11,14H2,1H3. The minimum absolute atomic E-state index is 1.11. The van der Waals surface area contributed by atoms with Gasteiger partial charge < -0.3 is 5.32 Å². The van der Waals surface area contributed by atoms with E-state index in [1.165, 1.54) is 64.3 Å². The number of rotatable bonds is 8. The van der Waals surface area contributed by atoms with Gasteiger partial charge in [-0.15, -0.1) is 0 Å². The highest BCUT2D eigenvalue weighted by Crippen LogP contribution is 2.23. The molecule has 2 rings (SSSR count). The Morgan fingerprint density at radius 3 is 2.58 bits per heavy atom. The molecule has 1 nitrogen and oxygen atoms in total. The number of nitrogens with one attached hydrogen (secondary N) is 1. The molecule has 0 aromatic heterocycles. The average Bonchev–Trinajstić information content (AvgIpc) is 2.46. The van der Waals surface area contributed by atoms with Crippen LogP contribution in [0.25, 0.3) is 0 Å². The van der Waals surface area contributed by atoms with Gasteiger partial charge in [-0.05, 0) is 74.7 Å². The zero-order chi connectivity index (χ0) is 13.3. The molecule has 0 heterocycles. The molecule has 0 amide bonds. The summed E-state index contributed by atoms with van der Waals surface area (Å²) in [5, 5.41) is 3.39. The van der Waals surface area contributed by atoms with Gasteiger partial charge in [0.05, 0.1) is 0 Å². The highest BCUT2D eigenvalue weighted by molar-refractivity contribution is 5.33. The maximum atomic E-state index is 3.39. The lowest BCUT2D eigenvalue weighted by molar-refractivity contribution is 0.597. The maximum absolute atomic E-state index is 3.39. The molecule has 0 spiro atoms. The number of hydrogen-bond donors (Lipinski definition) is 1. The number of unbranched alkanes of at least 4 members (excludes halogenated alkanes) is 3. The third-order valence-electron chi connectivity index (χ3n) is 4.23. The summed E-state index contributed by atoms with van der Waals surface area (Å²) in [6.45, 7) is 4.47. The predicted molar refractivity (Wildman–Crippen MR) is 83.8 cm³/mol. The van der Waals surface area contributed by atoms with Crippen LogP contribution in [0.15, 0.2) is 18.2 Å². The summed E-state index contributed by atoms with van der Waals surface area (Å²) >= 11 is 0. The second-order valence-corrected chi connectivity index (χ2v) is 5.83. The van der Waals surface area contributed by atoms with Crippen molar-refractivity contribution in [2.45, 2.75) is 64.7 Å². The van der Waals surface area contributed by atoms with E-state index < -0.39 is 0 Å².